The summed E-state index contributed by atoms with van der Waals surface area (Å²) in [5.41, 5.74) is 0. The molecule has 0 atom stereocenters. The van der Waals surface area contributed by atoms with Crippen LogP contribution < -0.4 is 4.72 Å². The third-order valence-corrected chi connectivity index (χ3v) is 4.51. The number of hydrogen-bond donors (Lipinski definition) is 1. The van der Waals surface area contributed by atoms with E-state index in [1.807, 2.05) is 19.9 Å². The standard InChI is InChI=1S/C15H20N2O3S/c1-12(2)20-10-4-8-17-21(18,19)15-6-3-5-13-11-16-9-7-14(13)15/h3,5-7,9,11-12,17H,4,8,10H2,1-2H3. The number of fused-ring (bicyclic) bond motifs is 1. The molecule has 0 amide bonds. The van der Waals surface area contributed by atoms with Gasteiger partial charge in [0.05, 0.1) is 11.0 Å². The van der Waals surface area contributed by atoms with Crippen molar-refractivity contribution in [1.29, 1.82) is 0 Å². The van der Waals surface area contributed by atoms with Crippen LogP contribution >= 0.6 is 0 Å². The molecule has 0 saturated carbocycles. The third-order valence-electron chi connectivity index (χ3n) is 2.99. The molecule has 1 aromatic carbocycles. The van der Waals surface area contributed by atoms with Gasteiger partial charge in [0, 0.05) is 36.3 Å². The molecule has 1 N–H and O–H groups in total. The highest BCUT2D eigenvalue weighted by Gasteiger charge is 2.16. The zero-order valence-corrected chi connectivity index (χ0v) is 13.1. The average molecular weight is 308 g/mol. The molecule has 2 aromatic rings. The minimum absolute atomic E-state index is 0.159. The van der Waals surface area contributed by atoms with Crippen molar-refractivity contribution in [3.63, 3.8) is 0 Å². The van der Waals surface area contributed by atoms with Crippen molar-refractivity contribution in [2.75, 3.05) is 13.2 Å². The number of ether oxygens (including phenoxy) is 1. The fourth-order valence-electron chi connectivity index (χ4n) is 2.00. The third kappa shape index (κ3) is 4.23. The van der Waals surface area contributed by atoms with Gasteiger partial charge in [-0.25, -0.2) is 13.1 Å². The van der Waals surface area contributed by atoms with Gasteiger partial charge in [-0.1, -0.05) is 12.1 Å². The number of aromatic nitrogens is 1. The van der Waals surface area contributed by atoms with Crippen molar-refractivity contribution < 1.29 is 13.2 Å². The molecule has 114 valence electrons. The monoisotopic (exact) mass is 308 g/mol. The molecular formula is C15H20N2O3S. The number of benzene rings is 1. The Morgan fingerprint density at radius 3 is 2.86 bits per heavy atom. The van der Waals surface area contributed by atoms with Crippen molar-refractivity contribution in [2.24, 2.45) is 0 Å². The predicted molar refractivity (Wildman–Crippen MR) is 82.6 cm³/mol. The highest BCUT2D eigenvalue weighted by molar-refractivity contribution is 7.89. The molecule has 21 heavy (non-hydrogen) atoms. The number of sulfonamides is 1. The summed E-state index contributed by atoms with van der Waals surface area (Å²) in [6, 6.07) is 6.89. The van der Waals surface area contributed by atoms with Crippen LogP contribution in [0.1, 0.15) is 20.3 Å². The van der Waals surface area contributed by atoms with Crippen LogP contribution in [0, 0.1) is 0 Å². The van der Waals surface area contributed by atoms with E-state index in [4.69, 9.17) is 4.74 Å². The van der Waals surface area contributed by atoms with Gasteiger partial charge in [-0.3, -0.25) is 4.98 Å². The quantitative estimate of drug-likeness (QED) is 0.797. The Morgan fingerprint density at radius 1 is 1.29 bits per heavy atom. The molecule has 0 spiro atoms. The first-order chi connectivity index (χ1) is 10.0. The normalized spacial score (nSPS) is 12.1. The van der Waals surface area contributed by atoms with E-state index in [-0.39, 0.29) is 11.0 Å². The molecule has 0 aliphatic rings. The highest BCUT2D eigenvalue weighted by Crippen LogP contribution is 2.21. The van der Waals surface area contributed by atoms with Crippen LogP contribution in [0.5, 0.6) is 0 Å². The maximum Gasteiger partial charge on any atom is 0.241 e. The number of nitrogens with zero attached hydrogens (tertiary/aromatic N) is 1. The molecule has 2 rings (SSSR count). The van der Waals surface area contributed by atoms with Gasteiger partial charge < -0.3 is 4.74 Å². The summed E-state index contributed by atoms with van der Waals surface area (Å²) in [4.78, 5) is 4.29. The summed E-state index contributed by atoms with van der Waals surface area (Å²) in [5, 5.41) is 1.49. The number of nitrogens with one attached hydrogen (secondary N) is 1. The minimum Gasteiger partial charge on any atom is -0.379 e. The van der Waals surface area contributed by atoms with Crippen LogP contribution in [0.25, 0.3) is 10.8 Å². The number of rotatable bonds is 7. The number of hydrogen-bond acceptors (Lipinski definition) is 4. The Hall–Kier alpha value is -1.50. The molecule has 0 aliphatic carbocycles. The number of pyridine rings is 1. The van der Waals surface area contributed by atoms with Crippen LogP contribution in [-0.2, 0) is 14.8 Å². The fourth-order valence-corrected chi connectivity index (χ4v) is 3.30. The van der Waals surface area contributed by atoms with Gasteiger partial charge in [-0.2, -0.15) is 0 Å². The zero-order chi connectivity index (χ0) is 15.3. The van der Waals surface area contributed by atoms with Crippen molar-refractivity contribution in [1.82, 2.24) is 9.71 Å². The molecule has 5 nitrogen and oxygen atoms in total. The van der Waals surface area contributed by atoms with Crippen molar-refractivity contribution in [3.05, 3.63) is 36.7 Å². The lowest BCUT2D eigenvalue weighted by Gasteiger charge is -2.10. The van der Waals surface area contributed by atoms with Gasteiger partial charge in [0.15, 0.2) is 0 Å². The van der Waals surface area contributed by atoms with Gasteiger partial charge in [-0.05, 0) is 32.4 Å². The lowest BCUT2D eigenvalue weighted by molar-refractivity contribution is 0.0778. The molecule has 1 aromatic heterocycles. The first-order valence-corrected chi connectivity index (χ1v) is 8.43. The molecule has 0 bridgehead atoms. The fraction of sp³-hybridized carbons (Fsp3) is 0.400. The first kappa shape index (κ1) is 15.9. The van der Waals surface area contributed by atoms with Crippen molar-refractivity contribution in [3.8, 4) is 0 Å². The van der Waals surface area contributed by atoms with E-state index >= 15 is 0 Å². The van der Waals surface area contributed by atoms with Gasteiger partial charge in [0.25, 0.3) is 0 Å². The van der Waals surface area contributed by atoms with Crippen molar-refractivity contribution >= 4 is 20.8 Å². The zero-order valence-electron chi connectivity index (χ0n) is 12.2. The van der Waals surface area contributed by atoms with Crippen LogP contribution in [0.3, 0.4) is 0 Å². The van der Waals surface area contributed by atoms with Gasteiger partial charge in [-0.15, -0.1) is 0 Å². The second-order valence-corrected chi connectivity index (χ2v) is 6.76. The van der Waals surface area contributed by atoms with Gasteiger partial charge >= 0.3 is 0 Å². The van der Waals surface area contributed by atoms with E-state index < -0.39 is 10.0 Å². The summed E-state index contributed by atoms with van der Waals surface area (Å²) in [6.45, 7) is 4.80. The van der Waals surface area contributed by atoms with Gasteiger partial charge in [0.1, 0.15) is 0 Å². The SMILES string of the molecule is CC(C)OCCCNS(=O)(=O)c1cccc2cnccc12. The van der Waals surface area contributed by atoms with E-state index in [9.17, 15) is 8.42 Å². The lowest BCUT2D eigenvalue weighted by Crippen LogP contribution is -2.26. The van der Waals surface area contributed by atoms with Gasteiger partial charge in [0.2, 0.25) is 10.0 Å². The summed E-state index contributed by atoms with van der Waals surface area (Å²) in [5.74, 6) is 0. The second-order valence-electron chi connectivity index (χ2n) is 5.02. The summed E-state index contributed by atoms with van der Waals surface area (Å²) < 4.78 is 32.7. The Labute approximate surface area is 125 Å². The van der Waals surface area contributed by atoms with Crippen LogP contribution in [0.2, 0.25) is 0 Å². The summed E-state index contributed by atoms with van der Waals surface area (Å²) in [6.07, 6.45) is 4.05. The molecule has 1 heterocycles. The van der Waals surface area contributed by atoms with E-state index in [0.717, 1.165) is 5.39 Å². The molecule has 0 unspecified atom stereocenters. The summed E-state index contributed by atoms with van der Waals surface area (Å²) >= 11 is 0. The Bertz CT molecular complexity index is 694. The predicted octanol–water partition coefficient (Wildman–Crippen LogP) is 2.33. The second kappa shape index (κ2) is 6.98. The van der Waals surface area contributed by atoms with Crippen LogP contribution in [0.15, 0.2) is 41.6 Å². The molecule has 0 aliphatic heterocycles. The van der Waals surface area contributed by atoms with E-state index in [1.165, 1.54) is 0 Å². The van der Waals surface area contributed by atoms with Crippen LogP contribution in [0.4, 0.5) is 0 Å². The smallest absolute Gasteiger partial charge is 0.241 e. The molecule has 0 radical (unpaired) electrons. The Kier molecular flexibility index (Phi) is 5.27. The van der Waals surface area contributed by atoms with E-state index in [0.29, 0.717) is 25.0 Å². The maximum atomic E-state index is 12.4. The van der Waals surface area contributed by atoms with E-state index in [1.54, 1.807) is 30.6 Å². The average Bonchev–Trinajstić information content (AvgIpc) is 2.46. The lowest BCUT2D eigenvalue weighted by atomic mass is 10.2. The molecule has 6 heteroatoms. The molecule has 0 fully saturated rings. The van der Waals surface area contributed by atoms with Crippen LogP contribution in [-0.4, -0.2) is 32.7 Å². The largest absolute Gasteiger partial charge is 0.379 e. The Morgan fingerprint density at radius 2 is 2.10 bits per heavy atom. The molecular weight excluding hydrogens is 288 g/mol. The van der Waals surface area contributed by atoms with Crippen molar-refractivity contribution in [2.45, 2.75) is 31.3 Å². The Balaban J connectivity index is 2.08. The highest BCUT2D eigenvalue weighted by atomic mass is 32.2. The minimum atomic E-state index is -3.52. The molecule has 0 saturated heterocycles. The topological polar surface area (TPSA) is 68.3 Å². The summed E-state index contributed by atoms with van der Waals surface area (Å²) in [7, 11) is -3.52. The first-order valence-electron chi connectivity index (χ1n) is 6.95. The maximum absolute atomic E-state index is 12.4. The van der Waals surface area contributed by atoms with E-state index in [2.05, 4.69) is 9.71 Å².